The summed E-state index contributed by atoms with van der Waals surface area (Å²) in [4.78, 5) is 11.4. The first-order chi connectivity index (χ1) is 9.05. The molecule has 1 aromatic rings. The summed E-state index contributed by atoms with van der Waals surface area (Å²) in [5, 5.41) is 9.24. The van der Waals surface area contributed by atoms with Crippen LogP contribution in [0.25, 0.3) is 0 Å². The number of benzene rings is 1. The molecule has 0 amide bonds. The molecule has 0 fully saturated rings. The molecule has 0 radical (unpaired) electrons. The van der Waals surface area contributed by atoms with E-state index in [0.717, 1.165) is 8.78 Å². The van der Waals surface area contributed by atoms with Crippen LogP contribution in [0.5, 0.6) is 0 Å². The van der Waals surface area contributed by atoms with Crippen LogP contribution in [-0.2, 0) is 14.8 Å². The fraction of sp³-hybridized carbons (Fsp3) is 0.417. The van der Waals surface area contributed by atoms with E-state index in [1.165, 1.54) is 19.9 Å². The fourth-order valence-electron chi connectivity index (χ4n) is 1.78. The summed E-state index contributed by atoms with van der Waals surface area (Å²) in [5.74, 6) is -1.20. The van der Waals surface area contributed by atoms with E-state index in [1.54, 1.807) is 19.1 Å². The lowest BCUT2D eigenvalue weighted by Gasteiger charge is -2.33. The fourth-order valence-corrected chi connectivity index (χ4v) is 5.24. The van der Waals surface area contributed by atoms with E-state index in [9.17, 15) is 18.3 Å². The molecule has 112 valence electrons. The molecule has 1 aromatic carbocycles. The molecule has 1 N–H and O–H groups in total. The molecule has 0 bridgehead atoms. The molecule has 0 saturated carbocycles. The van der Waals surface area contributed by atoms with Gasteiger partial charge in [0.05, 0.1) is 4.90 Å². The quantitative estimate of drug-likeness (QED) is 0.781. The van der Waals surface area contributed by atoms with Crippen molar-refractivity contribution in [3.8, 4) is 0 Å². The minimum absolute atomic E-state index is 0.0388. The number of aliphatic carboxylic acids is 1. The number of nitrogens with zero attached hydrogens (tertiary/aromatic N) is 1. The van der Waals surface area contributed by atoms with E-state index in [4.69, 9.17) is 0 Å². The SMILES string of the molecule is CCN(C(C)(C)C(=O)O)S(=O)(=O)c1ccc(Br)cc1Br. The Balaban J connectivity index is 3.44. The van der Waals surface area contributed by atoms with Crippen LogP contribution in [-0.4, -0.2) is 35.9 Å². The molecule has 1 rings (SSSR count). The topological polar surface area (TPSA) is 74.7 Å². The largest absolute Gasteiger partial charge is 0.480 e. The Labute approximate surface area is 135 Å². The maximum atomic E-state index is 12.7. The van der Waals surface area contributed by atoms with Crippen LogP contribution in [0.2, 0.25) is 0 Å². The van der Waals surface area contributed by atoms with Crippen molar-refractivity contribution in [2.45, 2.75) is 31.2 Å². The van der Waals surface area contributed by atoms with Crippen molar-refractivity contribution in [1.82, 2.24) is 4.31 Å². The molecule has 0 aliphatic carbocycles. The van der Waals surface area contributed by atoms with Crippen LogP contribution in [0, 0.1) is 0 Å². The lowest BCUT2D eigenvalue weighted by molar-refractivity contribution is -0.146. The Morgan fingerprint density at radius 1 is 1.35 bits per heavy atom. The summed E-state index contributed by atoms with van der Waals surface area (Å²) in [6.45, 7) is 4.39. The molecule has 8 heteroatoms. The highest BCUT2D eigenvalue weighted by Gasteiger charge is 2.42. The monoisotopic (exact) mass is 427 g/mol. The number of likely N-dealkylation sites (N-methyl/N-ethyl adjacent to an activating group) is 1. The number of halogens is 2. The third kappa shape index (κ3) is 3.24. The minimum atomic E-state index is -3.92. The number of carboxylic acids is 1. The van der Waals surface area contributed by atoms with Gasteiger partial charge < -0.3 is 5.11 Å². The summed E-state index contributed by atoms with van der Waals surface area (Å²) in [7, 11) is -3.92. The standard InChI is InChI=1S/C12H15Br2NO4S/c1-4-15(12(2,3)11(16)17)20(18,19)10-6-5-8(13)7-9(10)14/h5-7H,4H2,1-3H3,(H,16,17). The van der Waals surface area contributed by atoms with Gasteiger partial charge in [-0.15, -0.1) is 0 Å². The molecule has 0 aliphatic heterocycles. The van der Waals surface area contributed by atoms with E-state index in [1.807, 2.05) is 0 Å². The molecule has 20 heavy (non-hydrogen) atoms. The molecule has 5 nitrogen and oxygen atoms in total. The Bertz CT molecular complexity index is 628. The van der Waals surface area contributed by atoms with Gasteiger partial charge in [0.1, 0.15) is 5.54 Å². The third-order valence-electron chi connectivity index (χ3n) is 2.90. The molecule has 0 spiro atoms. The number of hydrogen-bond acceptors (Lipinski definition) is 3. The van der Waals surface area contributed by atoms with Crippen LogP contribution in [0.15, 0.2) is 32.0 Å². The van der Waals surface area contributed by atoms with Gasteiger partial charge in [-0.2, -0.15) is 4.31 Å². The minimum Gasteiger partial charge on any atom is -0.480 e. The highest BCUT2D eigenvalue weighted by molar-refractivity contribution is 9.11. The second-order valence-electron chi connectivity index (χ2n) is 4.61. The highest BCUT2D eigenvalue weighted by Crippen LogP contribution is 2.31. The number of sulfonamides is 1. The first-order valence-corrected chi connectivity index (χ1v) is 8.79. The molecular formula is C12H15Br2NO4S. The average Bonchev–Trinajstić information content (AvgIpc) is 2.27. The summed E-state index contributed by atoms with van der Waals surface area (Å²) in [6, 6.07) is 4.64. The molecule has 0 heterocycles. The van der Waals surface area contributed by atoms with Gasteiger partial charge in [-0.1, -0.05) is 22.9 Å². The second kappa shape index (κ2) is 6.13. The van der Waals surface area contributed by atoms with Crippen molar-refractivity contribution >= 4 is 47.9 Å². The lowest BCUT2D eigenvalue weighted by Crippen LogP contribution is -2.52. The van der Waals surface area contributed by atoms with Gasteiger partial charge in [0, 0.05) is 15.5 Å². The van der Waals surface area contributed by atoms with Gasteiger partial charge in [0.2, 0.25) is 10.0 Å². The molecular weight excluding hydrogens is 414 g/mol. The molecule has 0 aliphatic rings. The van der Waals surface area contributed by atoms with Crippen molar-refractivity contribution in [3.05, 3.63) is 27.1 Å². The van der Waals surface area contributed by atoms with Crippen molar-refractivity contribution < 1.29 is 18.3 Å². The van der Waals surface area contributed by atoms with Gasteiger partial charge in [-0.3, -0.25) is 4.79 Å². The molecule has 0 saturated heterocycles. The zero-order valence-corrected chi connectivity index (χ0v) is 15.2. The Morgan fingerprint density at radius 2 is 1.90 bits per heavy atom. The zero-order valence-electron chi connectivity index (χ0n) is 11.2. The van der Waals surface area contributed by atoms with E-state index in [0.29, 0.717) is 4.47 Å². The number of hydrogen-bond donors (Lipinski definition) is 1. The smallest absolute Gasteiger partial charge is 0.324 e. The first-order valence-electron chi connectivity index (χ1n) is 5.76. The van der Waals surface area contributed by atoms with Crippen LogP contribution in [0.3, 0.4) is 0 Å². The van der Waals surface area contributed by atoms with Gasteiger partial charge in [0.25, 0.3) is 0 Å². The summed E-state index contributed by atoms with van der Waals surface area (Å²) in [6.07, 6.45) is 0. The van der Waals surface area contributed by atoms with Crippen molar-refractivity contribution in [1.29, 1.82) is 0 Å². The number of rotatable bonds is 5. The highest BCUT2D eigenvalue weighted by atomic mass is 79.9. The molecule has 0 unspecified atom stereocenters. The lowest BCUT2D eigenvalue weighted by atomic mass is 10.1. The normalized spacial score (nSPS) is 12.7. The first kappa shape index (κ1) is 17.6. The Hall–Kier alpha value is -0.440. The van der Waals surface area contributed by atoms with Crippen LogP contribution < -0.4 is 0 Å². The predicted octanol–water partition coefficient (Wildman–Crippen LogP) is 3.09. The third-order valence-corrected chi connectivity index (χ3v) is 6.51. The van der Waals surface area contributed by atoms with Gasteiger partial charge in [-0.05, 0) is 48.0 Å². The average molecular weight is 429 g/mol. The zero-order chi connectivity index (χ0) is 15.7. The number of carboxylic acid groups (broad SMARTS) is 1. The van der Waals surface area contributed by atoms with E-state index in [2.05, 4.69) is 31.9 Å². The maximum Gasteiger partial charge on any atom is 0.324 e. The maximum absolute atomic E-state index is 12.7. The summed E-state index contributed by atoms with van der Waals surface area (Å²) < 4.78 is 27.4. The summed E-state index contributed by atoms with van der Waals surface area (Å²) >= 11 is 6.45. The second-order valence-corrected chi connectivity index (χ2v) is 8.21. The van der Waals surface area contributed by atoms with Crippen molar-refractivity contribution in [3.63, 3.8) is 0 Å². The van der Waals surface area contributed by atoms with Crippen molar-refractivity contribution in [2.24, 2.45) is 0 Å². The Kier molecular flexibility index (Phi) is 5.40. The molecule has 0 aromatic heterocycles. The van der Waals surface area contributed by atoms with Crippen LogP contribution >= 0.6 is 31.9 Å². The van der Waals surface area contributed by atoms with Crippen LogP contribution in [0.4, 0.5) is 0 Å². The number of carbonyl (C=O) groups is 1. The van der Waals surface area contributed by atoms with Crippen molar-refractivity contribution in [2.75, 3.05) is 6.54 Å². The summed E-state index contributed by atoms with van der Waals surface area (Å²) in [5.41, 5.74) is -1.53. The van der Waals surface area contributed by atoms with E-state index >= 15 is 0 Å². The Morgan fingerprint density at radius 3 is 2.30 bits per heavy atom. The molecule has 0 atom stereocenters. The van der Waals surface area contributed by atoms with Gasteiger partial charge in [0.15, 0.2) is 0 Å². The van der Waals surface area contributed by atoms with Gasteiger partial charge >= 0.3 is 5.97 Å². The van der Waals surface area contributed by atoms with E-state index < -0.39 is 21.5 Å². The van der Waals surface area contributed by atoms with Gasteiger partial charge in [-0.25, -0.2) is 8.42 Å². The van der Waals surface area contributed by atoms with E-state index in [-0.39, 0.29) is 11.4 Å². The predicted molar refractivity (Wildman–Crippen MR) is 83.1 cm³/mol. The van der Waals surface area contributed by atoms with Crippen LogP contribution in [0.1, 0.15) is 20.8 Å².